The average molecular weight is 748 g/mol. The van der Waals surface area contributed by atoms with Crippen LogP contribution in [0.2, 0.25) is 0 Å². The van der Waals surface area contributed by atoms with Crippen molar-refractivity contribution in [2.24, 2.45) is 17.4 Å². The zero-order valence-corrected chi connectivity index (χ0v) is 31.1. The fraction of sp³-hybridized carbons (Fsp3) is 0.629. The maximum absolute atomic E-state index is 14.2. The van der Waals surface area contributed by atoms with E-state index < -0.39 is 83.6 Å². The van der Waals surface area contributed by atoms with Crippen LogP contribution in [0.15, 0.2) is 24.3 Å². The molecule has 0 aliphatic carbocycles. The summed E-state index contributed by atoms with van der Waals surface area (Å²) in [5.74, 6) is -4.45. The van der Waals surface area contributed by atoms with Crippen LogP contribution in [0.4, 0.5) is 0 Å². The van der Waals surface area contributed by atoms with Gasteiger partial charge in [-0.3, -0.25) is 33.6 Å². The number of aromatic hydroxyl groups is 1. The van der Waals surface area contributed by atoms with Gasteiger partial charge in [0.05, 0.1) is 0 Å². The van der Waals surface area contributed by atoms with E-state index in [1.807, 2.05) is 13.8 Å². The number of nitrogens with one attached hydrogen (secondary N) is 6. The Morgan fingerprint density at radius 1 is 0.774 bits per heavy atom. The summed E-state index contributed by atoms with van der Waals surface area (Å²) in [6.45, 7) is 8.51. The number of primary amides is 1. The quantitative estimate of drug-likeness (QED) is 0.0506. The second-order valence-corrected chi connectivity index (χ2v) is 13.9. The molecule has 0 spiro atoms. The molecule has 7 atom stereocenters. The third-order valence-electron chi connectivity index (χ3n) is 8.87. The molecule has 0 saturated carbocycles. The topological polar surface area (TPSA) is 287 Å². The summed E-state index contributed by atoms with van der Waals surface area (Å²) in [7, 11) is 0. The molecule has 0 aromatic heterocycles. The minimum Gasteiger partial charge on any atom is -0.508 e. The van der Waals surface area contributed by atoms with E-state index in [9.17, 15) is 38.7 Å². The second kappa shape index (κ2) is 21.7. The summed E-state index contributed by atoms with van der Waals surface area (Å²) in [5.41, 5.74) is 13.5. The molecule has 0 unspecified atom stereocenters. The molecular weight excluding hydrogens is 690 g/mol. The number of nitrogens with zero attached hydrogens (tertiary/aromatic N) is 1. The Labute approximate surface area is 309 Å². The Kier molecular flexibility index (Phi) is 18.1. The highest BCUT2D eigenvalue weighted by atomic mass is 16.5. The zero-order chi connectivity index (χ0) is 39.8. The van der Waals surface area contributed by atoms with E-state index in [1.165, 1.54) is 37.8 Å². The van der Waals surface area contributed by atoms with Crippen LogP contribution in [0.3, 0.4) is 0 Å². The third-order valence-corrected chi connectivity index (χ3v) is 8.87. The highest BCUT2D eigenvalue weighted by Gasteiger charge is 2.39. The summed E-state index contributed by atoms with van der Waals surface area (Å²) in [4.78, 5) is 92.9. The summed E-state index contributed by atoms with van der Waals surface area (Å²) in [5, 5.41) is 31.9. The van der Waals surface area contributed by atoms with Gasteiger partial charge in [-0.15, -0.1) is 0 Å². The van der Waals surface area contributed by atoms with Gasteiger partial charge in [-0.2, -0.15) is 5.48 Å². The number of rotatable bonds is 21. The van der Waals surface area contributed by atoms with Gasteiger partial charge < -0.3 is 53.3 Å². The van der Waals surface area contributed by atoms with Gasteiger partial charge in [0.1, 0.15) is 48.0 Å². The van der Waals surface area contributed by atoms with Crippen molar-refractivity contribution in [2.45, 2.75) is 122 Å². The van der Waals surface area contributed by atoms with Crippen molar-refractivity contribution in [2.75, 3.05) is 13.1 Å². The summed E-state index contributed by atoms with van der Waals surface area (Å²) in [6.07, 6.45) is 2.20. The SMILES string of the molecule is CC(C)C[C@H](NC(=O)[C@H](C)NC(=O)[C@@H]1CCCN1C(=O)[C@H](Cc1ccc(O)cc1)NC(=O)[C@H](CCCCN)NC(=O)[C@H](C)NC(=O)[C@H](C)NO)C(N)=O. The van der Waals surface area contributed by atoms with Gasteiger partial charge in [-0.1, -0.05) is 26.0 Å². The van der Waals surface area contributed by atoms with Gasteiger partial charge in [0.25, 0.3) is 0 Å². The standard InChI is InChI=1S/C35H57N9O9/c1-19(2)17-26(29(37)46)41-31(48)21(4)39-34(51)28-10-8-16-44(28)35(52)27(18-23-11-13-24(45)14-12-23)42-33(50)25(9-6-7-15-36)40-30(47)20(3)38-32(49)22(5)43-53/h11-14,19-22,25-28,43,45,53H,6-10,15-18,36H2,1-5H3,(H2,37,46)(H,38,49)(H,39,51)(H,40,47)(H,41,48)(H,42,50)/t20-,21-,22-,25-,26-,27-,28-/m0/s1. The van der Waals surface area contributed by atoms with Crippen LogP contribution in [0.5, 0.6) is 5.75 Å². The number of carbonyl (C=O) groups is 7. The molecular formula is C35H57N9O9. The van der Waals surface area contributed by atoms with Crippen LogP contribution in [0.1, 0.15) is 78.7 Å². The fourth-order valence-corrected chi connectivity index (χ4v) is 5.75. The van der Waals surface area contributed by atoms with E-state index in [-0.39, 0.29) is 37.5 Å². The predicted molar refractivity (Wildman–Crippen MR) is 193 cm³/mol. The van der Waals surface area contributed by atoms with E-state index >= 15 is 0 Å². The molecule has 296 valence electrons. The predicted octanol–water partition coefficient (Wildman–Crippen LogP) is -1.58. The molecule has 1 saturated heterocycles. The Bertz CT molecular complexity index is 1430. The molecule has 12 N–H and O–H groups in total. The van der Waals surface area contributed by atoms with Crippen molar-refractivity contribution in [3.05, 3.63) is 29.8 Å². The lowest BCUT2D eigenvalue weighted by Gasteiger charge is -2.31. The molecule has 1 fully saturated rings. The third kappa shape index (κ3) is 14.3. The molecule has 7 amide bonds. The van der Waals surface area contributed by atoms with Crippen molar-refractivity contribution in [1.29, 1.82) is 0 Å². The minimum atomic E-state index is -1.21. The summed E-state index contributed by atoms with van der Waals surface area (Å²) >= 11 is 0. The fourth-order valence-electron chi connectivity index (χ4n) is 5.75. The zero-order valence-electron chi connectivity index (χ0n) is 31.1. The van der Waals surface area contributed by atoms with Crippen molar-refractivity contribution in [3.8, 4) is 5.75 Å². The van der Waals surface area contributed by atoms with Gasteiger partial charge in [0, 0.05) is 13.0 Å². The summed E-state index contributed by atoms with van der Waals surface area (Å²) in [6, 6.07) is -1.35. The molecule has 1 heterocycles. The molecule has 1 aromatic carbocycles. The van der Waals surface area contributed by atoms with E-state index in [0.29, 0.717) is 37.8 Å². The number of nitrogens with two attached hydrogens (primary N) is 2. The Hall–Kier alpha value is -4.81. The molecule has 1 aliphatic heterocycles. The first-order valence-corrected chi connectivity index (χ1v) is 18.0. The molecule has 2 rings (SSSR count). The van der Waals surface area contributed by atoms with Gasteiger partial charge in [0.2, 0.25) is 41.4 Å². The van der Waals surface area contributed by atoms with Crippen LogP contribution < -0.4 is 43.5 Å². The lowest BCUT2D eigenvalue weighted by molar-refractivity contribution is -0.142. The monoisotopic (exact) mass is 747 g/mol. The molecule has 18 heteroatoms. The van der Waals surface area contributed by atoms with Crippen LogP contribution in [0, 0.1) is 5.92 Å². The van der Waals surface area contributed by atoms with Crippen molar-refractivity contribution >= 4 is 41.4 Å². The lowest BCUT2D eigenvalue weighted by atomic mass is 10.0. The number of amides is 7. The highest BCUT2D eigenvalue weighted by Crippen LogP contribution is 2.21. The van der Waals surface area contributed by atoms with E-state index in [1.54, 1.807) is 17.6 Å². The molecule has 1 aromatic rings. The number of hydrogen-bond donors (Lipinski definition) is 10. The molecule has 0 bridgehead atoms. The normalized spacial score (nSPS) is 17.4. The maximum Gasteiger partial charge on any atom is 0.246 e. The number of likely N-dealkylation sites (tertiary alicyclic amines) is 1. The van der Waals surface area contributed by atoms with Gasteiger partial charge in [-0.05, 0) is 89.5 Å². The van der Waals surface area contributed by atoms with Crippen LogP contribution in [0.25, 0.3) is 0 Å². The van der Waals surface area contributed by atoms with Crippen molar-refractivity contribution in [1.82, 2.24) is 37.0 Å². The highest BCUT2D eigenvalue weighted by molar-refractivity contribution is 5.97. The largest absolute Gasteiger partial charge is 0.508 e. The van der Waals surface area contributed by atoms with E-state index in [4.69, 9.17) is 16.7 Å². The van der Waals surface area contributed by atoms with E-state index in [2.05, 4.69) is 26.6 Å². The number of phenols is 1. The number of hydrogen-bond acceptors (Lipinski definition) is 11. The first-order valence-electron chi connectivity index (χ1n) is 18.0. The molecule has 1 aliphatic rings. The molecule has 53 heavy (non-hydrogen) atoms. The number of benzene rings is 1. The Balaban J connectivity index is 2.29. The van der Waals surface area contributed by atoms with Crippen LogP contribution >= 0.6 is 0 Å². The minimum absolute atomic E-state index is 0.00509. The van der Waals surface area contributed by atoms with Crippen molar-refractivity contribution in [3.63, 3.8) is 0 Å². The number of unbranched alkanes of at least 4 members (excludes halogenated alkanes) is 1. The number of phenolic OH excluding ortho intramolecular Hbond substituents is 1. The van der Waals surface area contributed by atoms with Crippen LogP contribution in [-0.4, -0.2) is 112 Å². The van der Waals surface area contributed by atoms with E-state index in [0.717, 1.165) is 0 Å². The molecule has 0 radical (unpaired) electrons. The van der Waals surface area contributed by atoms with Gasteiger partial charge in [-0.25, -0.2) is 0 Å². The smallest absolute Gasteiger partial charge is 0.246 e. The Morgan fingerprint density at radius 2 is 1.34 bits per heavy atom. The maximum atomic E-state index is 14.2. The Morgan fingerprint density at radius 3 is 1.91 bits per heavy atom. The first-order chi connectivity index (χ1) is 25.0. The number of hydroxylamine groups is 1. The molecule has 18 nitrogen and oxygen atoms in total. The van der Waals surface area contributed by atoms with Crippen molar-refractivity contribution < 1.29 is 43.9 Å². The first kappa shape index (κ1) is 44.4. The second-order valence-electron chi connectivity index (χ2n) is 13.9. The number of carbonyl (C=O) groups excluding carboxylic acids is 7. The van der Waals surface area contributed by atoms with Crippen LogP contribution in [-0.2, 0) is 40.0 Å². The van der Waals surface area contributed by atoms with Gasteiger partial charge >= 0.3 is 0 Å². The van der Waals surface area contributed by atoms with Gasteiger partial charge in [0.15, 0.2) is 0 Å². The summed E-state index contributed by atoms with van der Waals surface area (Å²) < 4.78 is 0. The average Bonchev–Trinajstić information content (AvgIpc) is 3.60. The lowest BCUT2D eigenvalue weighted by Crippen LogP contribution is -2.59.